The van der Waals surface area contributed by atoms with E-state index < -0.39 is 0 Å². The van der Waals surface area contributed by atoms with E-state index >= 15 is 0 Å². The van der Waals surface area contributed by atoms with Gasteiger partial charge in [-0.1, -0.05) is 24.3 Å². The fourth-order valence-corrected chi connectivity index (χ4v) is 3.44. The lowest BCUT2D eigenvalue weighted by atomic mass is 10.1. The molecule has 0 unspecified atom stereocenters. The van der Waals surface area contributed by atoms with Gasteiger partial charge in [0.2, 0.25) is 5.89 Å². The van der Waals surface area contributed by atoms with Gasteiger partial charge in [0.05, 0.1) is 23.9 Å². The monoisotopic (exact) mass is 379 g/mol. The number of piperidine rings is 1. The molecular weight excluding hydrogens is 357 g/mol. The Morgan fingerprint density at radius 1 is 1.07 bits per heavy atom. The summed E-state index contributed by atoms with van der Waals surface area (Å²) in [5.74, 6) is 0.504. The van der Waals surface area contributed by atoms with Gasteiger partial charge in [0.1, 0.15) is 5.82 Å². The molecule has 2 aromatic carbocycles. The highest BCUT2D eigenvalue weighted by Gasteiger charge is 2.20. The number of likely N-dealkylation sites (tertiary alicyclic amines) is 1. The zero-order chi connectivity index (χ0) is 19.3. The Labute approximate surface area is 163 Å². The molecule has 0 saturated carbocycles. The lowest BCUT2D eigenvalue weighted by Crippen LogP contribution is -2.35. The second-order valence-electron chi connectivity index (χ2n) is 6.85. The molecule has 1 fully saturated rings. The highest BCUT2D eigenvalue weighted by molar-refractivity contribution is 5.99. The van der Waals surface area contributed by atoms with E-state index in [1.807, 2.05) is 29.2 Å². The van der Waals surface area contributed by atoms with Crippen LogP contribution in [0.2, 0.25) is 0 Å². The zero-order valence-corrected chi connectivity index (χ0v) is 15.5. The second-order valence-corrected chi connectivity index (χ2v) is 6.85. The molecule has 1 aliphatic rings. The molecular formula is C22H22FN3O2. The summed E-state index contributed by atoms with van der Waals surface area (Å²) in [6, 6.07) is 13.9. The molecule has 4 rings (SSSR count). The fraction of sp³-hybridized carbons (Fsp3) is 0.273. The van der Waals surface area contributed by atoms with Crippen LogP contribution in [0.3, 0.4) is 0 Å². The quantitative estimate of drug-likeness (QED) is 0.697. The van der Waals surface area contributed by atoms with Crippen LogP contribution in [0.25, 0.3) is 11.3 Å². The van der Waals surface area contributed by atoms with Crippen molar-refractivity contribution in [1.29, 1.82) is 0 Å². The van der Waals surface area contributed by atoms with Crippen LogP contribution in [0.4, 0.5) is 10.1 Å². The summed E-state index contributed by atoms with van der Waals surface area (Å²) < 4.78 is 19.6. The van der Waals surface area contributed by atoms with Gasteiger partial charge in [0.25, 0.3) is 5.91 Å². The van der Waals surface area contributed by atoms with Crippen molar-refractivity contribution in [2.75, 3.05) is 18.4 Å². The first-order chi connectivity index (χ1) is 13.7. The number of carbonyl (C=O) groups excluding carboxylic acids is 1. The van der Waals surface area contributed by atoms with Gasteiger partial charge in [-0.3, -0.25) is 4.79 Å². The fourth-order valence-electron chi connectivity index (χ4n) is 3.44. The van der Waals surface area contributed by atoms with Crippen molar-refractivity contribution in [3.8, 4) is 11.3 Å². The molecule has 28 heavy (non-hydrogen) atoms. The third-order valence-electron chi connectivity index (χ3n) is 4.92. The van der Waals surface area contributed by atoms with Gasteiger partial charge >= 0.3 is 0 Å². The maximum atomic E-state index is 13.9. The first-order valence-corrected chi connectivity index (χ1v) is 9.54. The summed E-state index contributed by atoms with van der Waals surface area (Å²) in [7, 11) is 0. The van der Waals surface area contributed by atoms with Crippen LogP contribution in [0.1, 0.15) is 35.5 Å². The van der Waals surface area contributed by atoms with Crippen molar-refractivity contribution in [3.05, 3.63) is 72.0 Å². The number of para-hydroxylation sites is 1. The van der Waals surface area contributed by atoms with Crippen LogP contribution < -0.4 is 5.32 Å². The first-order valence-electron chi connectivity index (χ1n) is 9.54. The zero-order valence-electron chi connectivity index (χ0n) is 15.5. The van der Waals surface area contributed by atoms with Gasteiger partial charge < -0.3 is 14.6 Å². The number of carbonyl (C=O) groups is 1. The number of benzene rings is 2. The van der Waals surface area contributed by atoms with E-state index in [1.54, 1.807) is 18.2 Å². The van der Waals surface area contributed by atoms with E-state index in [0.29, 0.717) is 29.3 Å². The molecule has 6 heteroatoms. The molecule has 5 nitrogen and oxygen atoms in total. The van der Waals surface area contributed by atoms with E-state index in [4.69, 9.17) is 4.42 Å². The Morgan fingerprint density at radius 3 is 2.64 bits per heavy atom. The Bertz CT molecular complexity index is 964. The Kier molecular flexibility index (Phi) is 5.37. The van der Waals surface area contributed by atoms with E-state index in [9.17, 15) is 9.18 Å². The lowest BCUT2D eigenvalue weighted by Gasteiger charge is -2.27. The van der Waals surface area contributed by atoms with Crippen molar-refractivity contribution < 1.29 is 13.6 Å². The highest BCUT2D eigenvalue weighted by atomic mass is 19.1. The van der Waals surface area contributed by atoms with E-state index in [2.05, 4.69) is 10.3 Å². The maximum Gasteiger partial charge on any atom is 0.255 e. The number of hydrogen-bond acceptors (Lipinski definition) is 4. The minimum atomic E-state index is -0.351. The highest BCUT2D eigenvalue weighted by Crippen LogP contribution is 2.24. The summed E-state index contributed by atoms with van der Waals surface area (Å²) in [5.41, 5.74) is 1.76. The number of aromatic nitrogens is 1. The van der Waals surface area contributed by atoms with Crippen molar-refractivity contribution >= 4 is 11.6 Å². The predicted octanol–water partition coefficient (Wildman–Crippen LogP) is 4.72. The van der Waals surface area contributed by atoms with Gasteiger partial charge in [-0.05, 0) is 43.5 Å². The largest absolute Gasteiger partial charge is 0.439 e. The number of nitrogens with zero attached hydrogens (tertiary/aromatic N) is 2. The summed E-state index contributed by atoms with van der Waals surface area (Å²) in [4.78, 5) is 19.0. The number of oxazole rings is 1. The number of amides is 1. The molecule has 2 heterocycles. The molecule has 1 saturated heterocycles. The molecule has 1 N–H and O–H groups in total. The van der Waals surface area contributed by atoms with Crippen LogP contribution >= 0.6 is 0 Å². The second kappa shape index (κ2) is 8.25. The Morgan fingerprint density at radius 2 is 1.82 bits per heavy atom. The van der Waals surface area contributed by atoms with Crippen LogP contribution in [0, 0.1) is 5.82 Å². The lowest BCUT2D eigenvalue weighted by molar-refractivity contribution is 0.0725. The number of hydrogen-bond donors (Lipinski definition) is 1. The SMILES string of the molecule is O=C(c1ccccc1NCc1ncc(-c2ccccc2F)o1)N1CCCCC1. The molecule has 3 aromatic rings. The molecule has 1 aromatic heterocycles. The smallest absolute Gasteiger partial charge is 0.255 e. The number of rotatable bonds is 5. The third kappa shape index (κ3) is 3.91. The normalized spacial score (nSPS) is 14.1. The first kappa shape index (κ1) is 18.2. The van der Waals surface area contributed by atoms with Crippen LogP contribution in [0.5, 0.6) is 0 Å². The minimum Gasteiger partial charge on any atom is -0.439 e. The molecule has 0 atom stereocenters. The average Bonchev–Trinajstić information content (AvgIpc) is 3.22. The van der Waals surface area contributed by atoms with Gasteiger partial charge in [-0.25, -0.2) is 9.37 Å². The maximum absolute atomic E-state index is 13.9. The number of anilines is 1. The predicted molar refractivity (Wildman–Crippen MR) is 105 cm³/mol. The van der Waals surface area contributed by atoms with Crippen LogP contribution in [-0.4, -0.2) is 28.9 Å². The van der Waals surface area contributed by atoms with Crippen LogP contribution in [0.15, 0.2) is 59.1 Å². The standard InChI is InChI=1S/C22H22FN3O2/c23-18-10-4-2-8-16(18)20-14-25-21(28-20)15-24-19-11-5-3-9-17(19)22(27)26-12-6-1-7-13-26/h2-5,8-11,14,24H,1,6-7,12-13,15H2. The molecule has 0 spiro atoms. The Hall–Kier alpha value is -3.15. The van der Waals surface area contributed by atoms with Crippen molar-refractivity contribution in [2.45, 2.75) is 25.8 Å². The summed E-state index contributed by atoms with van der Waals surface area (Å²) in [5, 5.41) is 3.23. The molecule has 1 aliphatic heterocycles. The van der Waals surface area contributed by atoms with E-state index in [1.165, 1.54) is 18.7 Å². The third-order valence-corrected chi connectivity index (χ3v) is 4.92. The molecule has 144 valence electrons. The van der Waals surface area contributed by atoms with Crippen molar-refractivity contribution in [3.63, 3.8) is 0 Å². The molecule has 0 bridgehead atoms. The summed E-state index contributed by atoms with van der Waals surface area (Å²) in [6.07, 6.45) is 4.80. The number of halogens is 1. The summed E-state index contributed by atoms with van der Waals surface area (Å²) in [6.45, 7) is 1.91. The Balaban J connectivity index is 1.47. The van der Waals surface area contributed by atoms with Crippen LogP contribution in [-0.2, 0) is 6.54 Å². The van der Waals surface area contributed by atoms with Crippen molar-refractivity contribution in [1.82, 2.24) is 9.88 Å². The van der Waals surface area contributed by atoms with Gasteiger partial charge in [-0.2, -0.15) is 0 Å². The van der Waals surface area contributed by atoms with Gasteiger partial charge in [-0.15, -0.1) is 0 Å². The molecule has 0 radical (unpaired) electrons. The average molecular weight is 379 g/mol. The summed E-state index contributed by atoms with van der Waals surface area (Å²) >= 11 is 0. The number of nitrogens with one attached hydrogen (secondary N) is 1. The van der Waals surface area contributed by atoms with E-state index in [-0.39, 0.29) is 11.7 Å². The van der Waals surface area contributed by atoms with Gasteiger partial charge in [0, 0.05) is 18.8 Å². The molecule has 0 aliphatic carbocycles. The van der Waals surface area contributed by atoms with E-state index in [0.717, 1.165) is 31.6 Å². The van der Waals surface area contributed by atoms with Crippen molar-refractivity contribution in [2.24, 2.45) is 0 Å². The topological polar surface area (TPSA) is 58.4 Å². The van der Waals surface area contributed by atoms with Gasteiger partial charge in [0.15, 0.2) is 5.76 Å². The molecule has 1 amide bonds. The minimum absolute atomic E-state index is 0.0437.